The van der Waals surface area contributed by atoms with Crippen LogP contribution in [-0.2, 0) is 0 Å². The highest BCUT2D eigenvalue weighted by Crippen LogP contribution is 2.21. The van der Waals surface area contributed by atoms with Gasteiger partial charge in [0.1, 0.15) is 5.00 Å². The highest BCUT2D eigenvalue weighted by atomic mass is 32.1. The first kappa shape index (κ1) is 7.01. The number of guanidine groups is 1. The second kappa shape index (κ2) is 2.66. The predicted molar refractivity (Wildman–Crippen MR) is 42.3 cm³/mol. The molecule has 5 heteroatoms. The summed E-state index contributed by atoms with van der Waals surface area (Å²) in [6.45, 7) is 1.86. The lowest BCUT2D eigenvalue weighted by atomic mass is 10.5. The fourth-order valence-electron chi connectivity index (χ4n) is 0.520. The highest BCUT2D eigenvalue weighted by Gasteiger charge is 1.97. The zero-order chi connectivity index (χ0) is 7.56. The monoisotopic (exact) mass is 156 g/mol. The molecule has 1 aromatic rings. The Kier molecular flexibility index (Phi) is 1.86. The van der Waals surface area contributed by atoms with E-state index in [9.17, 15) is 0 Å². The number of aryl methyl sites for hydroxylation is 1. The molecular weight excluding hydrogens is 148 g/mol. The number of aromatic nitrogens is 1. The molecule has 0 fully saturated rings. The van der Waals surface area contributed by atoms with Crippen molar-refractivity contribution in [1.82, 2.24) is 4.98 Å². The van der Waals surface area contributed by atoms with Crippen LogP contribution in [0.5, 0.6) is 0 Å². The third kappa shape index (κ3) is 1.44. The van der Waals surface area contributed by atoms with Crippen LogP contribution in [-0.4, -0.2) is 10.9 Å². The summed E-state index contributed by atoms with van der Waals surface area (Å²) in [7, 11) is 0. The lowest BCUT2D eigenvalue weighted by Crippen LogP contribution is -2.21. The number of nitrogens with zero attached hydrogens (tertiary/aromatic N) is 2. The number of thiazole rings is 1. The normalized spacial score (nSPS) is 9.30. The fourth-order valence-corrected chi connectivity index (χ4v) is 1.21. The van der Waals surface area contributed by atoms with E-state index in [1.165, 1.54) is 11.3 Å². The zero-order valence-electron chi connectivity index (χ0n) is 5.53. The van der Waals surface area contributed by atoms with Crippen LogP contribution in [0.15, 0.2) is 10.5 Å². The largest absolute Gasteiger partial charge is 0.370 e. The molecule has 0 amide bonds. The molecule has 0 spiro atoms. The number of rotatable bonds is 1. The first-order valence-corrected chi connectivity index (χ1v) is 3.58. The summed E-state index contributed by atoms with van der Waals surface area (Å²) in [6, 6.07) is 0. The van der Waals surface area contributed by atoms with Crippen LogP contribution in [0, 0.1) is 6.92 Å². The van der Waals surface area contributed by atoms with E-state index in [0.717, 1.165) is 10.7 Å². The maximum atomic E-state index is 5.16. The smallest absolute Gasteiger partial charge is 0.192 e. The Morgan fingerprint density at radius 1 is 1.70 bits per heavy atom. The fraction of sp³-hybridized carbons (Fsp3) is 0.200. The molecule has 0 aliphatic carbocycles. The maximum absolute atomic E-state index is 5.16. The molecule has 0 saturated carbocycles. The Balaban J connectivity index is 2.95. The lowest BCUT2D eigenvalue weighted by Gasteiger charge is -1.88. The first-order valence-electron chi connectivity index (χ1n) is 2.70. The summed E-state index contributed by atoms with van der Waals surface area (Å²) in [5.74, 6) is 0.0763. The molecule has 0 aliphatic heterocycles. The van der Waals surface area contributed by atoms with E-state index in [0.29, 0.717) is 0 Å². The van der Waals surface area contributed by atoms with Crippen molar-refractivity contribution in [2.45, 2.75) is 6.92 Å². The van der Waals surface area contributed by atoms with Gasteiger partial charge in [-0.15, -0.1) is 11.3 Å². The van der Waals surface area contributed by atoms with Crippen LogP contribution in [0.1, 0.15) is 5.69 Å². The molecule has 0 unspecified atom stereocenters. The van der Waals surface area contributed by atoms with Crippen LogP contribution in [0.25, 0.3) is 0 Å². The summed E-state index contributed by atoms with van der Waals surface area (Å²) in [6.07, 6.45) is 0. The summed E-state index contributed by atoms with van der Waals surface area (Å²) in [4.78, 5) is 7.82. The van der Waals surface area contributed by atoms with E-state index in [-0.39, 0.29) is 5.96 Å². The van der Waals surface area contributed by atoms with Crippen LogP contribution in [0.4, 0.5) is 5.00 Å². The van der Waals surface area contributed by atoms with E-state index >= 15 is 0 Å². The van der Waals surface area contributed by atoms with Gasteiger partial charge in [-0.1, -0.05) is 0 Å². The Bertz CT molecular complexity index is 248. The number of nitrogens with two attached hydrogens (primary N) is 2. The van der Waals surface area contributed by atoms with Crippen molar-refractivity contribution < 1.29 is 0 Å². The molecule has 4 N–H and O–H groups in total. The van der Waals surface area contributed by atoms with Crippen LogP contribution in [0.3, 0.4) is 0 Å². The van der Waals surface area contributed by atoms with Crippen molar-refractivity contribution in [3.8, 4) is 0 Å². The van der Waals surface area contributed by atoms with E-state index in [1.54, 1.807) is 5.51 Å². The number of hydrogen-bond donors (Lipinski definition) is 2. The van der Waals surface area contributed by atoms with Crippen molar-refractivity contribution in [2.24, 2.45) is 16.5 Å². The Morgan fingerprint density at radius 2 is 2.40 bits per heavy atom. The standard InChI is InChI=1S/C5H8N4S/c1-3-4(9-5(6)7)10-2-8-3/h2H,1H3,(H4,6,7,9). The van der Waals surface area contributed by atoms with E-state index < -0.39 is 0 Å². The molecule has 0 atom stereocenters. The zero-order valence-corrected chi connectivity index (χ0v) is 6.35. The van der Waals surface area contributed by atoms with Gasteiger partial charge in [0.05, 0.1) is 11.2 Å². The molecular formula is C5H8N4S. The highest BCUT2D eigenvalue weighted by molar-refractivity contribution is 7.13. The lowest BCUT2D eigenvalue weighted by molar-refractivity contribution is 1.25. The van der Waals surface area contributed by atoms with Gasteiger partial charge in [-0.3, -0.25) is 0 Å². The SMILES string of the molecule is Cc1ncsc1N=C(N)N. The van der Waals surface area contributed by atoms with Gasteiger partial charge in [0.15, 0.2) is 5.96 Å². The Hall–Kier alpha value is -1.10. The van der Waals surface area contributed by atoms with Crippen molar-refractivity contribution in [2.75, 3.05) is 0 Å². The van der Waals surface area contributed by atoms with Gasteiger partial charge in [-0.2, -0.15) is 0 Å². The van der Waals surface area contributed by atoms with E-state index in [4.69, 9.17) is 11.5 Å². The topological polar surface area (TPSA) is 77.3 Å². The van der Waals surface area contributed by atoms with Crippen LogP contribution < -0.4 is 11.5 Å². The molecule has 0 aliphatic rings. The summed E-state index contributed by atoms with van der Waals surface area (Å²) >= 11 is 1.42. The predicted octanol–water partition coefficient (Wildman–Crippen LogP) is 0.356. The van der Waals surface area contributed by atoms with Gasteiger partial charge in [0, 0.05) is 0 Å². The molecule has 4 nitrogen and oxygen atoms in total. The minimum absolute atomic E-state index is 0.0763. The minimum Gasteiger partial charge on any atom is -0.370 e. The molecule has 1 aromatic heterocycles. The minimum atomic E-state index is 0.0763. The van der Waals surface area contributed by atoms with Crippen LogP contribution in [0.2, 0.25) is 0 Å². The molecule has 54 valence electrons. The van der Waals surface area contributed by atoms with Crippen LogP contribution >= 0.6 is 11.3 Å². The third-order valence-electron chi connectivity index (χ3n) is 0.951. The summed E-state index contributed by atoms with van der Waals surface area (Å²) < 4.78 is 0. The van der Waals surface area contributed by atoms with Gasteiger partial charge in [0.2, 0.25) is 0 Å². The van der Waals surface area contributed by atoms with Gasteiger partial charge < -0.3 is 11.5 Å². The van der Waals surface area contributed by atoms with Gasteiger partial charge in [-0.05, 0) is 6.92 Å². The number of aliphatic imine (C=N–C) groups is 1. The van der Waals surface area contributed by atoms with Crippen molar-refractivity contribution >= 4 is 22.3 Å². The van der Waals surface area contributed by atoms with Gasteiger partial charge in [0.25, 0.3) is 0 Å². The van der Waals surface area contributed by atoms with Gasteiger partial charge >= 0.3 is 0 Å². The average Bonchev–Trinajstić information content (AvgIpc) is 2.15. The average molecular weight is 156 g/mol. The summed E-state index contributed by atoms with van der Waals surface area (Å²) in [5, 5.41) is 0.778. The summed E-state index contributed by atoms with van der Waals surface area (Å²) in [5.41, 5.74) is 12.9. The molecule has 0 saturated heterocycles. The van der Waals surface area contributed by atoms with Gasteiger partial charge in [-0.25, -0.2) is 9.98 Å². The molecule has 0 bridgehead atoms. The molecule has 1 rings (SSSR count). The molecule has 0 radical (unpaired) electrons. The van der Waals surface area contributed by atoms with Crippen molar-refractivity contribution in [3.05, 3.63) is 11.2 Å². The Morgan fingerprint density at radius 3 is 2.80 bits per heavy atom. The maximum Gasteiger partial charge on any atom is 0.192 e. The Labute approximate surface area is 62.6 Å². The second-order valence-corrected chi connectivity index (χ2v) is 2.61. The van der Waals surface area contributed by atoms with E-state index in [2.05, 4.69) is 9.98 Å². The molecule has 0 aromatic carbocycles. The number of hydrogen-bond acceptors (Lipinski definition) is 3. The second-order valence-electron chi connectivity index (χ2n) is 1.78. The van der Waals surface area contributed by atoms with E-state index in [1.807, 2.05) is 6.92 Å². The quantitative estimate of drug-likeness (QED) is 0.455. The van der Waals surface area contributed by atoms with Crippen molar-refractivity contribution in [3.63, 3.8) is 0 Å². The van der Waals surface area contributed by atoms with Crippen molar-refractivity contribution in [1.29, 1.82) is 0 Å². The first-order chi connectivity index (χ1) is 4.70. The third-order valence-corrected chi connectivity index (χ3v) is 1.77. The molecule has 1 heterocycles. The molecule has 10 heavy (non-hydrogen) atoms.